The molecule has 0 aliphatic carbocycles. The fraction of sp³-hybridized carbons (Fsp3) is 0.385. The number of aryl methyl sites for hydroxylation is 1. The molecule has 0 radical (unpaired) electrons. The summed E-state index contributed by atoms with van der Waals surface area (Å²) in [6.45, 7) is 4.29. The first kappa shape index (κ1) is 14.9. The van der Waals surface area contributed by atoms with Crippen LogP contribution in [0.2, 0.25) is 0 Å². The van der Waals surface area contributed by atoms with Crippen LogP contribution in [-0.4, -0.2) is 34.9 Å². The summed E-state index contributed by atoms with van der Waals surface area (Å²) in [5.41, 5.74) is 6.23. The molecule has 0 spiro atoms. The van der Waals surface area contributed by atoms with Crippen molar-refractivity contribution >= 4 is 11.7 Å². The normalized spacial score (nSPS) is 11.4. The largest absolute Gasteiger partial charge is 0.409 e. The molecule has 1 aromatic carbocycles. The molecule has 0 heterocycles. The second-order valence-electron chi connectivity index (χ2n) is 4.19. The molecule has 5 nitrogen and oxygen atoms in total. The van der Waals surface area contributed by atoms with E-state index in [1.54, 1.807) is 11.8 Å². The molecule has 0 atom stereocenters. The monoisotopic (exact) mass is 267 g/mol. The summed E-state index contributed by atoms with van der Waals surface area (Å²) in [7, 11) is 0. The van der Waals surface area contributed by atoms with Gasteiger partial charge in [-0.3, -0.25) is 4.79 Å². The lowest BCUT2D eigenvalue weighted by Crippen LogP contribution is -2.34. The Hall–Kier alpha value is -2.11. The maximum atomic E-state index is 13.2. The minimum Gasteiger partial charge on any atom is -0.409 e. The topological polar surface area (TPSA) is 78.9 Å². The van der Waals surface area contributed by atoms with Gasteiger partial charge in [0.15, 0.2) is 0 Å². The van der Waals surface area contributed by atoms with Crippen LogP contribution in [0.3, 0.4) is 0 Å². The maximum absolute atomic E-state index is 13.2. The maximum Gasteiger partial charge on any atom is 0.253 e. The molecule has 3 N–H and O–H groups in total. The molecule has 1 aromatic rings. The van der Waals surface area contributed by atoms with E-state index in [1.165, 1.54) is 18.2 Å². The van der Waals surface area contributed by atoms with Gasteiger partial charge in [-0.05, 0) is 37.6 Å². The Morgan fingerprint density at radius 2 is 2.21 bits per heavy atom. The van der Waals surface area contributed by atoms with Gasteiger partial charge < -0.3 is 15.8 Å². The van der Waals surface area contributed by atoms with E-state index in [4.69, 9.17) is 10.9 Å². The van der Waals surface area contributed by atoms with Gasteiger partial charge in [-0.15, -0.1) is 0 Å². The van der Waals surface area contributed by atoms with E-state index in [0.717, 1.165) is 0 Å². The van der Waals surface area contributed by atoms with E-state index in [9.17, 15) is 9.18 Å². The predicted molar refractivity (Wildman–Crippen MR) is 70.7 cm³/mol. The van der Waals surface area contributed by atoms with Crippen LogP contribution in [0.4, 0.5) is 4.39 Å². The number of halogens is 1. The van der Waals surface area contributed by atoms with Crippen molar-refractivity contribution in [3.05, 3.63) is 35.1 Å². The number of oxime groups is 1. The standard InChI is InChI=1S/C13H18FN3O2/c1-3-17(7-6-12(15)16-19)13(18)10-4-5-11(14)9(2)8-10/h4-5,8,19H,3,6-7H2,1-2H3,(H2,15,16). The Labute approximate surface area is 111 Å². The third-order valence-corrected chi connectivity index (χ3v) is 2.84. The minimum atomic E-state index is -0.337. The number of benzene rings is 1. The zero-order valence-electron chi connectivity index (χ0n) is 11.1. The second kappa shape index (κ2) is 6.72. The van der Waals surface area contributed by atoms with Crippen LogP contribution in [0.25, 0.3) is 0 Å². The highest BCUT2D eigenvalue weighted by atomic mass is 19.1. The molecule has 6 heteroatoms. The fourth-order valence-corrected chi connectivity index (χ4v) is 1.66. The average molecular weight is 267 g/mol. The molecule has 1 rings (SSSR count). The van der Waals surface area contributed by atoms with Gasteiger partial charge in [0, 0.05) is 25.1 Å². The van der Waals surface area contributed by atoms with Crippen molar-refractivity contribution in [2.24, 2.45) is 10.9 Å². The molecular weight excluding hydrogens is 249 g/mol. The van der Waals surface area contributed by atoms with Crippen molar-refractivity contribution in [2.45, 2.75) is 20.3 Å². The third-order valence-electron chi connectivity index (χ3n) is 2.84. The van der Waals surface area contributed by atoms with Gasteiger partial charge in [0.2, 0.25) is 0 Å². The minimum absolute atomic E-state index is 0.0709. The quantitative estimate of drug-likeness (QED) is 0.369. The molecule has 104 valence electrons. The molecule has 0 saturated heterocycles. The highest BCUT2D eigenvalue weighted by molar-refractivity contribution is 5.94. The number of nitrogens with two attached hydrogens (primary N) is 1. The summed E-state index contributed by atoms with van der Waals surface area (Å²) in [5.74, 6) is -0.464. The van der Waals surface area contributed by atoms with Crippen LogP contribution < -0.4 is 5.73 Å². The molecule has 0 fully saturated rings. The number of carbonyl (C=O) groups excluding carboxylic acids is 1. The summed E-state index contributed by atoms with van der Waals surface area (Å²) >= 11 is 0. The number of carbonyl (C=O) groups is 1. The summed E-state index contributed by atoms with van der Waals surface area (Å²) in [6.07, 6.45) is 0.288. The van der Waals surface area contributed by atoms with Gasteiger partial charge in [-0.1, -0.05) is 5.16 Å². The first-order valence-electron chi connectivity index (χ1n) is 6.01. The highest BCUT2D eigenvalue weighted by Crippen LogP contribution is 2.12. The SMILES string of the molecule is CCN(CCC(N)=NO)C(=O)c1ccc(F)c(C)c1. The lowest BCUT2D eigenvalue weighted by Gasteiger charge is -2.20. The van der Waals surface area contributed by atoms with Crippen LogP contribution in [0.15, 0.2) is 23.4 Å². The highest BCUT2D eigenvalue weighted by Gasteiger charge is 2.15. The molecule has 0 aliphatic heterocycles. The van der Waals surface area contributed by atoms with E-state index in [1.807, 2.05) is 6.92 Å². The fourth-order valence-electron chi connectivity index (χ4n) is 1.66. The van der Waals surface area contributed by atoms with E-state index >= 15 is 0 Å². The summed E-state index contributed by atoms with van der Waals surface area (Å²) in [6, 6.07) is 4.25. The Morgan fingerprint density at radius 3 is 2.74 bits per heavy atom. The number of nitrogens with zero attached hydrogens (tertiary/aromatic N) is 2. The van der Waals surface area contributed by atoms with Crippen LogP contribution in [-0.2, 0) is 0 Å². The molecule has 0 bridgehead atoms. The molecule has 19 heavy (non-hydrogen) atoms. The lowest BCUT2D eigenvalue weighted by molar-refractivity contribution is 0.0768. The van der Waals surface area contributed by atoms with Crippen molar-refractivity contribution in [3.8, 4) is 0 Å². The molecule has 0 unspecified atom stereocenters. The van der Waals surface area contributed by atoms with Crippen molar-refractivity contribution in [3.63, 3.8) is 0 Å². The molecule has 0 aromatic heterocycles. The Kier molecular flexibility index (Phi) is 5.29. The number of amides is 1. The Balaban J connectivity index is 2.80. The zero-order valence-corrected chi connectivity index (χ0v) is 11.1. The molecule has 0 aliphatic rings. The van der Waals surface area contributed by atoms with Gasteiger partial charge >= 0.3 is 0 Å². The number of rotatable bonds is 5. The van der Waals surface area contributed by atoms with Gasteiger partial charge in [-0.2, -0.15) is 0 Å². The zero-order chi connectivity index (χ0) is 14.4. The second-order valence-corrected chi connectivity index (χ2v) is 4.19. The number of hydrogen-bond acceptors (Lipinski definition) is 3. The van der Waals surface area contributed by atoms with Gasteiger partial charge in [-0.25, -0.2) is 4.39 Å². The first-order valence-corrected chi connectivity index (χ1v) is 6.01. The smallest absolute Gasteiger partial charge is 0.253 e. The van der Waals surface area contributed by atoms with Crippen molar-refractivity contribution in [1.29, 1.82) is 0 Å². The van der Waals surface area contributed by atoms with Crippen LogP contribution >= 0.6 is 0 Å². The van der Waals surface area contributed by atoms with E-state index in [0.29, 0.717) is 24.2 Å². The Bertz CT molecular complexity index is 489. The summed E-state index contributed by atoms with van der Waals surface area (Å²) < 4.78 is 13.2. The molecule has 1 amide bonds. The van der Waals surface area contributed by atoms with E-state index in [2.05, 4.69) is 5.16 Å². The van der Waals surface area contributed by atoms with Crippen molar-refractivity contribution < 1.29 is 14.4 Å². The number of hydrogen-bond donors (Lipinski definition) is 2. The van der Waals surface area contributed by atoms with Gasteiger partial charge in [0.05, 0.1) is 0 Å². The average Bonchev–Trinajstić information content (AvgIpc) is 2.41. The van der Waals surface area contributed by atoms with Crippen molar-refractivity contribution in [2.75, 3.05) is 13.1 Å². The molecular formula is C13H18FN3O2. The predicted octanol–water partition coefficient (Wildman–Crippen LogP) is 1.73. The van der Waals surface area contributed by atoms with Gasteiger partial charge in [0.25, 0.3) is 5.91 Å². The number of amidine groups is 1. The third kappa shape index (κ3) is 3.94. The summed E-state index contributed by atoms with van der Waals surface area (Å²) in [5, 5.41) is 11.3. The van der Waals surface area contributed by atoms with Crippen molar-refractivity contribution in [1.82, 2.24) is 4.90 Å². The Morgan fingerprint density at radius 1 is 1.53 bits per heavy atom. The lowest BCUT2D eigenvalue weighted by atomic mass is 10.1. The molecule has 0 saturated carbocycles. The first-order chi connectivity index (χ1) is 8.99. The van der Waals surface area contributed by atoms with Crippen LogP contribution in [0.5, 0.6) is 0 Å². The van der Waals surface area contributed by atoms with Crippen LogP contribution in [0, 0.1) is 12.7 Å². The summed E-state index contributed by atoms with van der Waals surface area (Å²) in [4.78, 5) is 13.8. The van der Waals surface area contributed by atoms with E-state index in [-0.39, 0.29) is 24.0 Å². The van der Waals surface area contributed by atoms with Gasteiger partial charge in [0.1, 0.15) is 11.7 Å². The van der Waals surface area contributed by atoms with Crippen LogP contribution in [0.1, 0.15) is 29.3 Å². The van der Waals surface area contributed by atoms with E-state index < -0.39 is 0 Å².